The summed E-state index contributed by atoms with van der Waals surface area (Å²) in [6.07, 6.45) is 12.6. The maximum atomic E-state index is 2.12. The van der Waals surface area contributed by atoms with Crippen molar-refractivity contribution < 1.29 is 17.7 Å². The summed E-state index contributed by atoms with van der Waals surface area (Å²) >= 11 is 0. The standard InChI is InChI=1S/C8H7N.ClH/c1-3-7-4-2-6-9-8(7)5-1;/h1-6,9H;1H. The van der Waals surface area contributed by atoms with Gasteiger partial charge in [0.15, 0.2) is 0 Å². The molecule has 1 nitrogen and oxygen atoms in total. The van der Waals surface area contributed by atoms with Crippen LogP contribution >= 0.6 is 0 Å². The van der Waals surface area contributed by atoms with E-state index in [9.17, 15) is 0 Å². The Labute approximate surface area is 66.2 Å². The minimum absolute atomic E-state index is 0. The van der Waals surface area contributed by atoms with Crippen molar-refractivity contribution in [3.05, 3.63) is 47.9 Å². The van der Waals surface area contributed by atoms with Gasteiger partial charge in [-0.25, -0.2) is 0 Å². The summed E-state index contributed by atoms with van der Waals surface area (Å²) < 4.78 is 0. The summed E-state index contributed by atoms with van der Waals surface area (Å²) in [7, 11) is 0. The molecule has 0 aromatic rings. The molecule has 0 spiro atoms. The van der Waals surface area contributed by atoms with Crippen LogP contribution < -0.4 is 17.7 Å². The van der Waals surface area contributed by atoms with Gasteiger partial charge in [0.05, 0.1) is 6.20 Å². The predicted molar refractivity (Wildman–Crippen MR) is 36.4 cm³/mol. The van der Waals surface area contributed by atoms with Crippen molar-refractivity contribution in [2.24, 2.45) is 0 Å². The topological polar surface area (TPSA) is 16.6 Å². The van der Waals surface area contributed by atoms with E-state index in [0.29, 0.717) is 0 Å². The Kier molecular flexibility index (Phi) is 2.10. The molecule has 1 aliphatic heterocycles. The van der Waals surface area contributed by atoms with Gasteiger partial charge >= 0.3 is 0 Å². The molecule has 2 N–H and O–H groups in total. The Hall–Kier alpha value is -0.790. The molecule has 0 saturated heterocycles. The van der Waals surface area contributed by atoms with Crippen LogP contribution in [0.3, 0.4) is 0 Å². The van der Waals surface area contributed by atoms with Gasteiger partial charge in [-0.2, -0.15) is 0 Å². The van der Waals surface area contributed by atoms with Crippen molar-refractivity contribution in [2.45, 2.75) is 0 Å². The lowest BCUT2D eigenvalue weighted by molar-refractivity contribution is -0.531. The number of hydrogen-bond acceptors (Lipinski definition) is 0. The third-order valence-corrected chi connectivity index (χ3v) is 1.55. The van der Waals surface area contributed by atoms with Crippen LogP contribution in [0.5, 0.6) is 0 Å². The Morgan fingerprint density at radius 3 is 2.80 bits per heavy atom. The highest BCUT2D eigenvalue weighted by Gasteiger charge is 2.09. The zero-order chi connectivity index (χ0) is 6.10. The summed E-state index contributed by atoms with van der Waals surface area (Å²) in [5.74, 6) is 0. The van der Waals surface area contributed by atoms with Gasteiger partial charge in [-0.3, -0.25) is 5.32 Å². The second-order valence-corrected chi connectivity index (χ2v) is 2.15. The van der Waals surface area contributed by atoms with Crippen LogP contribution in [0.25, 0.3) is 0 Å². The average Bonchev–Trinajstić information content (AvgIpc) is 2.33. The largest absolute Gasteiger partial charge is 1.00 e. The first-order chi connectivity index (χ1) is 4.47. The third kappa shape index (κ3) is 1.06. The molecule has 1 aliphatic carbocycles. The van der Waals surface area contributed by atoms with Crippen molar-refractivity contribution in [2.75, 3.05) is 0 Å². The summed E-state index contributed by atoms with van der Waals surface area (Å²) in [6.45, 7) is 0. The highest BCUT2D eigenvalue weighted by Crippen LogP contribution is 2.13. The van der Waals surface area contributed by atoms with E-state index in [4.69, 9.17) is 0 Å². The number of allylic oxidation sites excluding steroid dienone is 5. The van der Waals surface area contributed by atoms with E-state index in [1.165, 1.54) is 11.3 Å². The highest BCUT2D eigenvalue weighted by molar-refractivity contribution is 5.46. The molecule has 52 valence electrons. The van der Waals surface area contributed by atoms with E-state index in [0.717, 1.165) is 0 Å². The number of nitrogens with two attached hydrogens (primary N) is 1. The van der Waals surface area contributed by atoms with Crippen molar-refractivity contribution in [1.29, 1.82) is 0 Å². The lowest BCUT2D eigenvalue weighted by atomic mass is 10.2. The smallest absolute Gasteiger partial charge is 0.141 e. The van der Waals surface area contributed by atoms with E-state index in [1.54, 1.807) is 0 Å². The number of quaternary nitrogens is 1. The molecule has 0 unspecified atom stereocenters. The summed E-state index contributed by atoms with van der Waals surface area (Å²) in [4.78, 5) is 0. The highest BCUT2D eigenvalue weighted by atomic mass is 35.5. The second-order valence-electron chi connectivity index (χ2n) is 2.15. The number of rotatable bonds is 0. The fourth-order valence-electron chi connectivity index (χ4n) is 1.07. The van der Waals surface area contributed by atoms with Crippen molar-refractivity contribution in [3.8, 4) is 0 Å². The van der Waals surface area contributed by atoms with E-state index in [1.807, 2.05) is 0 Å². The first kappa shape index (κ1) is 7.32. The van der Waals surface area contributed by atoms with E-state index in [-0.39, 0.29) is 12.4 Å². The van der Waals surface area contributed by atoms with Gasteiger partial charge in [-0.05, 0) is 18.2 Å². The first-order valence-corrected chi connectivity index (χ1v) is 3.07. The summed E-state index contributed by atoms with van der Waals surface area (Å²) in [5, 5.41) is 2.12. The molecule has 0 aromatic carbocycles. The van der Waals surface area contributed by atoms with Gasteiger partial charge < -0.3 is 12.4 Å². The van der Waals surface area contributed by atoms with Crippen molar-refractivity contribution in [1.82, 2.24) is 0 Å². The number of hydrogen-bond donors (Lipinski definition) is 1. The van der Waals surface area contributed by atoms with Crippen LogP contribution in [-0.4, -0.2) is 0 Å². The molecule has 1 heterocycles. The van der Waals surface area contributed by atoms with Crippen LogP contribution in [-0.2, 0) is 0 Å². The fraction of sp³-hybridized carbons (Fsp3) is 0. The van der Waals surface area contributed by atoms with Gasteiger partial charge in [-0.1, -0.05) is 6.08 Å². The molecule has 2 rings (SSSR count). The Morgan fingerprint density at radius 2 is 2.00 bits per heavy atom. The van der Waals surface area contributed by atoms with Crippen LogP contribution in [0, 0.1) is 0 Å². The number of fused-ring (bicyclic) bond motifs is 1. The Morgan fingerprint density at radius 1 is 1.10 bits per heavy atom. The van der Waals surface area contributed by atoms with Gasteiger partial charge in [0.25, 0.3) is 0 Å². The van der Waals surface area contributed by atoms with E-state index in [2.05, 4.69) is 41.9 Å². The SMILES string of the molecule is C1=C[NH2+]C2=CC=CC2=C1.[Cl-]. The monoisotopic (exact) mass is 153 g/mol. The van der Waals surface area contributed by atoms with Crippen LogP contribution in [0.1, 0.15) is 0 Å². The predicted octanol–water partition coefficient (Wildman–Crippen LogP) is -2.54. The maximum Gasteiger partial charge on any atom is 0.141 e. The van der Waals surface area contributed by atoms with Gasteiger partial charge in [-0.15, -0.1) is 0 Å². The molecule has 0 amide bonds. The van der Waals surface area contributed by atoms with Crippen LogP contribution in [0.2, 0.25) is 0 Å². The quantitative estimate of drug-likeness (QED) is 0.395. The van der Waals surface area contributed by atoms with Crippen molar-refractivity contribution in [3.63, 3.8) is 0 Å². The molecular formula is C8H8ClN. The molecule has 2 aliphatic rings. The average molecular weight is 154 g/mol. The Bertz CT molecular complexity index is 246. The zero-order valence-corrected chi connectivity index (χ0v) is 6.18. The van der Waals surface area contributed by atoms with Gasteiger partial charge in [0.1, 0.15) is 5.70 Å². The Balaban J connectivity index is 0.000000500. The summed E-state index contributed by atoms with van der Waals surface area (Å²) in [6, 6.07) is 0. The van der Waals surface area contributed by atoms with Crippen molar-refractivity contribution >= 4 is 0 Å². The van der Waals surface area contributed by atoms with E-state index >= 15 is 0 Å². The number of halogens is 1. The minimum Gasteiger partial charge on any atom is -1.00 e. The molecule has 0 aromatic heterocycles. The molecule has 0 atom stereocenters. The normalized spacial score (nSPS) is 19.2. The molecule has 0 saturated carbocycles. The first-order valence-electron chi connectivity index (χ1n) is 3.07. The zero-order valence-electron chi connectivity index (χ0n) is 5.42. The van der Waals surface area contributed by atoms with Gasteiger partial charge in [0.2, 0.25) is 0 Å². The molecule has 2 heteroatoms. The third-order valence-electron chi connectivity index (χ3n) is 1.55. The lowest BCUT2D eigenvalue weighted by Gasteiger charge is -2.00. The minimum atomic E-state index is 0. The molecule has 10 heavy (non-hydrogen) atoms. The molecule has 0 bridgehead atoms. The maximum absolute atomic E-state index is 2.12. The van der Waals surface area contributed by atoms with Gasteiger partial charge in [0, 0.05) is 11.6 Å². The fourth-order valence-corrected chi connectivity index (χ4v) is 1.07. The van der Waals surface area contributed by atoms with Crippen LogP contribution in [0.15, 0.2) is 47.9 Å². The molecule has 0 fully saturated rings. The molecule has 0 radical (unpaired) electrons. The lowest BCUT2D eigenvalue weighted by Crippen LogP contribution is -3.00. The second kappa shape index (κ2) is 2.86. The summed E-state index contributed by atoms with van der Waals surface area (Å²) in [5.41, 5.74) is 2.66. The van der Waals surface area contributed by atoms with E-state index < -0.39 is 0 Å². The molecular weight excluding hydrogens is 146 g/mol. The van der Waals surface area contributed by atoms with Crippen LogP contribution in [0.4, 0.5) is 0 Å².